The summed E-state index contributed by atoms with van der Waals surface area (Å²) in [5, 5.41) is 7.62. The monoisotopic (exact) mass is 333 g/mol. The Bertz CT molecular complexity index is 921. The SMILES string of the molecule is Cc1cccnc1NC(=O)CCNC(=O)c1ccc2ccccc2c1. The maximum absolute atomic E-state index is 12.2. The number of nitrogens with zero attached hydrogens (tertiary/aromatic N) is 1. The van der Waals surface area contributed by atoms with Crippen LogP contribution in [0.25, 0.3) is 10.8 Å². The second kappa shape index (κ2) is 7.57. The van der Waals surface area contributed by atoms with Gasteiger partial charge in [-0.05, 0) is 41.5 Å². The molecule has 126 valence electrons. The first-order valence-corrected chi connectivity index (χ1v) is 8.12. The Kier molecular flexibility index (Phi) is 5.04. The molecule has 0 bridgehead atoms. The van der Waals surface area contributed by atoms with Crippen molar-refractivity contribution in [3.8, 4) is 0 Å². The molecule has 2 aromatic carbocycles. The molecule has 1 aromatic heterocycles. The number of anilines is 1. The molecule has 1 heterocycles. The lowest BCUT2D eigenvalue weighted by Gasteiger charge is -2.08. The van der Waals surface area contributed by atoms with E-state index in [9.17, 15) is 9.59 Å². The van der Waals surface area contributed by atoms with Crippen LogP contribution in [0.2, 0.25) is 0 Å². The van der Waals surface area contributed by atoms with Crippen molar-refractivity contribution in [2.24, 2.45) is 0 Å². The van der Waals surface area contributed by atoms with E-state index in [0.29, 0.717) is 11.4 Å². The zero-order valence-electron chi connectivity index (χ0n) is 14.0. The highest BCUT2D eigenvalue weighted by atomic mass is 16.2. The van der Waals surface area contributed by atoms with Crippen LogP contribution in [0.15, 0.2) is 60.8 Å². The van der Waals surface area contributed by atoms with Crippen molar-refractivity contribution in [2.75, 3.05) is 11.9 Å². The molecule has 0 aliphatic heterocycles. The van der Waals surface area contributed by atoms with Gasteiger partial charge in [0.2, 0.25) is 5.91 Å². The van der Waals surface area contributed by atoms with Crippen molar-refractivity contribution >= 4 is 28.4 Å². The molecule has 3 aromatic rings. The Balaban J connectivity index is 1.53. The summed E-state index contributed by atoms with van der Waals surface area (Å²) in [4.78, 5) is 28.3. The summed E-state index contributed by atoms with van der Waals surface area (Å²) >= 11 is 0. The number of pyridine rings is 1. The zero-order chi connectivity index (χ0) is 17.6. The number of benzene rings is 2. The van der Waals surface area contributed by atoms with Crippen LogP contribution in [0.4, 0.5) is 5.82 Å². The van der Waals surface area contributed by atoms with Crippen molar-refractivity contribution in [1.82, 2.24) is 10.3 Å². The van der Waals surface area contributed by atoms with Crippen LogP contribution in [0, 0.1) is 6.92 Å². The smallest absolute Gasteiger partial charge is 0.251 e. The fourth-order valence-corrected chi connectivity index (χ4v) is 2.53. The predicted octanol–water partition coefficient (Wildman–Crippen LogP) is 3.30. The van der Waals surface area contributed by atoms with Crippen molar-refractivity contribution in [3.63, 3.8) is 0 Å². The minimum absolute atomic E-state index is 0.180. The number of hydrogen-bond donors (Lipinski definition) is 2. The van der Waals surface area contributed by atoms with Crippen LogP contribution >= 0.6 is 0 Å². The first-order chi connectivity index (χ1) is 12.1. The molecule has 0 aliphatic rings. The molecule has 0 atom stereocenters. The molecule has 0 saturated heterocycles. The van der Waals surface area contributed by atoms with Gasteiger partial charge in [-0.25, -0.2) is 4.98 Å². The topological polar surface area (TPSA) is 71.1 Å². The fraction of sp³-hybridized carbons (Fsp3) is 0.150. The van der Waals surface area contributed by atoms with Gasteiger partial charge in [0.15, 0.2) is 0 Å². The summed E-state index contributed by atoms with van der Waals surface area (Å²) in [6, 6.07) is 17.1. The second-order valence-corrected chi connectivity index (χ2v) is 5.78. The van der Waals surface area contributed by atoms with Gasteiger partial charge in [-0.15, -0.1) is 0 Å². The third-order valence-corrected chi connectivity index (χ3v) is 3.92. The number of carbonyl (C=O) groups excluding carboxylic acids is 2. The van der Waals surface area contributed by atoms with E-state index in [0.717, 1.165) is 16.3 Å². The van der Waals surface area contributed by atoms with Gasteiger partial charge in [0.05, 0.1) is 0 Å². The third kappa shape index (κ3) is 4.20. The maximum Gasteiger partial charge on any atom is 0.251 e. The number of hydrogen-bond acceptors (Lipinski definition) is 3. The highest BCUT2D eigenvalue weighted by Crippen LogP contribution is 2.15. The molecule has 0 saturated carbocycles. The first kappa shape index (κ1) is 16.6. The minimum atomic E-state index is -0.187. The molecule has 0 spiro atoms. The number of amides is 2. The molecule has 0 radical (unpaired) electrons. The number of aryl methyl sites for hydroxylation is 1. The average molecular weight is 333 g/mol. The zero-order valence-corrected chi connectivity index (χ0v) is 14.0. The van der Waals surface area contributed by atoms with E-state index in [4.69, 9.17) is 0 Å². The maximum atomic E-state index is 12.2. The van der Waals surface area contributed by atoms with Gasteiger partial charge in [-0.2, -0.15) is 0 Å². The van der Waals surface area contributed by atoms with Gasteiger partial charge in [0.1, 0.15) is 5.82 Å². The van der Waals surface area contributed by atoms with Crippen LogP contribution < -0.4 is 10.6 Å². The summed E-state index contributed by atoms with van der Waals surface area (Å²) < 4.78 is 0. The molecule has 0 unspecified atom stereocenters. The molecule has 2 amide bonds. The quantitative estimate of drug-likeness (QED) is 0.752. The minimum Gasteiger partial charge on any atom is -0.352 e. The van der Waals surface area contributed by atoms with Crippen molar-refractivity contribution < 1.29 is 9.59 Å². The Morgan fingerprint density at radius 1 is 1.00 bits per heavy atom. The largest absolute Gasteiger partial charge is 0.352 e. The lowest BCUT2D eigenvalue weighted by molar-refractivity contribution is -0.116. The van der Waals surface area contributed by atoms with Gasteiger partial charge in [0.25, 0.3) is 5.91 Å². The number of nitrogens with one attached hydrogen (secondary N) is 2. The molecule has 0 aliphatic carbocycles. The molecule has 2 N–H and O–H groups in total. The summed E-state index contributed by atoms with van der Waals surface area (Å²) in [7, 11) is 0. The van der Waals surface area contributed by atoms with Crippen molar-refractivity contribution in [2.45, 2.75) is 13.3 Å². The average Bonchev–Trinajstić information content (AvgIpc) is 2.63. The van der Waals surface area contributed by atoms with Crippen molar-refractivity contribution in [3.05, 3.63) is 71.9 Å². The molecule has 5 nitrogen and oxygen atoms in total. The van der Waals surface area contributed by atoms with Crippen LogP contribution in [0.3, 0.4) is 0 Å². The Hall–Kier alpha value is -3.21. The van der Waals surface area contributed by atoms with E-state index in [-0.39, 0.29) is 24.8 Å². The van der Waals surface area contributed by atoms with Crippen LogP contribution in [-0.2, 0) is 4.79 Å². The molecule has 25 heavy (non-hydrogen) atoms. The van der Waals surface area contributed by atoms with E-state index in [1.807, 2.05) is 55.5 Å². The molecular weight excluding hydrogens is 314 g/mol. The van der Waals surface area contributed by atoms with Gasteiger partial charge in [0, 0.05) is 24.7 Å². The molecule has 5 heteroatoms. The number of rotatable bonds is 5. The molecule has 3 rings (SSSR count). The summed E-state index contributed by atoms with van der Waals surface area (Å²) in [5.74, 6) is 0.182. The van der Waals surface area contributed by atoms with E-state index in [1.54, 1.807) is 12.3 Å². The summed E-state index contributed by atoms with van der Waals surface area (Å²) in [6.07, 6.45) is 1.82. The molecule has 0 fully saturated rings. The Morgan fingerprint density at radius 3 is 2.60 bits per heavy atom. The predicted molar refractivity (Wildman–Crippen MR) is 98.5 cm³/mol. The van der Waals surface area contributed by atoms with E-state index in [2.05, 4.69) is 15.6 Å². The van der Waals surface area contributed by atoms with Gasteiger partial charge in [-0.3, -0.25) is 9.59 Å². The molecular formula is C20H19N3O2. The van der Waals surface area contributed by atoms with Crippen LogP contribution in [0.5, 0.6) is 0 Å². The number of aromatic nitrogens is 1. The van der Waals surface area contributed by atoms with Crippen molar-refractivity contribution in [1.29, 1.82) is 0 Å². The van der Waals surface area contributed by atoms with Crippen LogP contribution in [-0.4, -0.2) is 23.3 Å². The highest BCUT2D eigenvalue weighted by Gasteiger charge is 2.09. The lowest BCUT2D eigenvalue weighted by Crippen LogP contribution is -2.27. The standard InChI is InChI=1S/C20H19N3O2/c1-14-5-4-11-21-19(14)23-18(24)10-12-22-20(25)17-9-8-15-6-2-3-7-16(15)13-17/h2-9,11,13H,10,12H2,1H3,(H,22,25)(H,21,23,24). The third-order valence-electron chi connectivity index (χ3n) is 3.92. The van der Waals surface area contributed by atoms with Gasteiger partial charge in [-0.1, -0.05) is 36.4 Å². The lowest BCUT2D eigenvalue weighted by atomic mass is 10.1. The number of carbonyl (C=O) groups is 2. The number of fused-ring (bicyclic) bond motifs is 1. The Morgan fingerprint density at radius 2 is 1.80 bits per heavy atom. The summed E-state index contributed by atoms with van der Waals surface area (Å²) in [6.45, 7) is 2.15. The van der Waals surface area contributed by atoms with E-state index in [1.165, 1.54) is 0 Å². The van der Waals surface area contributed by atoms with E-state index >= 15 is 0 Å². The second-order valence-electron chi connectivity index (χ2n) is 5.78. The highest BCUT2D eigenvalue weighted by molar-refractivity contribution is 5.99. The van der Waals surface area contributed by atoms with Crippen LogP contribution in [0.1, 0.15) is 22.3 Å². The fourth-order valence-electron chi connectivity index (χ4n) is 2.53. The van der Waals surface area contributed by atoms with Gasteiger partial charge >= 0.3 is 0 Å². The summed E-state index contributed by atoms with van der Waals surface area (Å²) in [5.41, 5.74) is 1.48. The Labute approximate surface area is 146 Å². The van der Waals surface area contributed by atoms with E-state index < -0.39 is 0 Å². The first-order valence-electron chi connectivity index (χ1n) is 8.12. The normalized spacial score (nSPS) is 10.4. The van der Waals surface area contributed by atoms with Gasteiger partial charge < -0.3 is 10.6 Å².